The van der Waals surface area contributed by atoms with Crippen molar-refractivity contribution in [3.8, 4) is 11.8 Å². The Morgan fingerprint density at radius 2 is 2.12 bits per heavy atom. The van der Waals surface area contributed by atoms with Gasteiger partial charge >= 0.3 is 0 Å². The summed E-state index contributed by atoms with van der Waals surface area (Å²) in [5.74, 6) is 2.18. The fraction of sp³-hybridized carbons (Fsp3) is 0.480. The zero-order valence-corrected chi connectivity index (χ0v) is 20.4. The molecule has 3 atom stereocenters. The van der Waals surface area contributed by atoms with E-state index in [4.69, 9.17) is 14.7 Å². The topological polar surface area (TPSA) is 78.7 Å². The highest BCUT2D eigenvalue weighted by Gasteiger charge is 2.49. The summed E-state index contributed by atoms with van der Waals surface area (Å²) in [6, 6.07) is 12.2. The molecule has 3 fully saturated rings. The lowest BCUT2D eigenvalue weighted by atomic mass is 10.0. The summed E-state index contributed by atoms with van der Waals surface area (Å²) in [6.45, 7) is 3.65. The number of methoxy groups -OCH3 is 1. The third-order valence-corrected chi connectivity index (χ3v) is 7.92. The number of hydrogen-bond acceptors (Lipinski definition) is 6. The van der Waals surface area contributed by atoms with Gasteiger partial charge in [-0.05, 0) is 55.5 Å². The minimum absolute atomic E-state index is 0.0387. The number of carbonyl (C=O) groups excluding carboxylic acids is 1. The van der Waals surface area contributed by atoms with Gasteiger partial charge in [0, 0.05) is 35.4 Å². The van der Waals surface area contributed by atoms with Crippen molar-refractivity contribution in [2.75, 3.05) is 31.7 Å². The van der Waals surface area contributed by atoms with Crippen molar-refractivity contribution >= 4 is 27.7 Å². The Kier molecular flexibility index (Phi) is 5.79. The van der Waals surface area contributed by atoms with E-state index in [9.17, 15) is 4.79 Å². The molecule has 2 saturated heterocycles. The van der Waals surface area contributed by atoms with Crippen LogP contribution in [0.2, 0.25) is 0 Å². The predicted molar refractivity (Wildman–Crippen MR) is 127 cm³/mol. The summed E-state index contributed by atoms with van der Waals surface area (Å²) in [4.78, 5) is 22.0. The molecular formula is C25H27BrN4O3. The second-order valence-electron chi connectivity index (χ2n) is 9.29. The van der Waals surface area contributed by atoms with Gasteiger partial charge in [-0.15, -0.1) is 0 Å². The second kappa shape index (κ2) is 8.62. The van der Waals surface area contributed by atoms with Gasteiger partial charge in [0.15, 0.2) is 0 Å². The van der Waals surface area contributed by atoms with Crippen molar-refractivity contribution in [2.45, 2.75) is 43.9 Å². The summed E-state index contributed by atoms with van der Waals surface area (Å²) in [5.41, 5.74) is 1.19. The summed E-state index contributed by atoms with van der Waals surface area (Å²) in [6.07, 6.45) is 4.44. The fourth-order valence-corrected chi connectivity index (χ4v) is 5.88. The number of rotatable bonds is 6. The minimum Gasteiger partial charge on any atom is -0.497 e. The Labute approximate surface area is 202 Å². The SMILES string of the molecule is COc1ccc(Br)c(C2(OCC(=O)N3CC4CC(C)C(C3)N4c3ccc(C#N)cn3)CC2)c1. The maximum atomic E-state index is 13.2. The lowest BCUT2D eigenvalue weighted by Gasteiger charge is -2.42. The van der Waals surface area contributed by atoms with E-state index in [1.54, 1.807) is 13.3 Å². The summed E-state index contributed by atoms with van der Waals surface area (Å²) < 4.78 is 12.6. The number of fused-ring (bicyclic) bond motifs is 2. The van der Waals surface area contributed by atoms with Gasteiger partial charge in [0.25, 0.3) is 0 Å². The first-order valence-electron chi connectivity index (χ1n) is 11.3. The van der Waals surface area contributed by atoms with Crippen LogP contribution in [0.15, 0.2) is 41.0 Å². The predicted octanol–water partition coefficient (Wildman–Crippen LogP) is 3.86. The number of pyridine rings is 1. The van der Waals surface area contributed by atoms with E-state index in [1.165, 1.54) is 0 Å². The molecule has 2 aliphatic heterocycles. The number of likely N-dealkylation sites (tertiary alicyclic amines) is 1. The van der Waals surface area contributed by atoms with Gasteiger partial charge in [-0.1, -0.05) is 22.9 Å². The van der Waals surface area contributed by atoms with E-state index < -0.39 is 5.60 Å². The van der Waals surface area contributed by atoms with Crippen LogP contribution in [0.5, 0.6) is 5.75 Å². The average Bonchev–Trinajstić information content (AvgIpc) is 3.59. The highest BCUT2D eigenvalue weighted by molar-refractivity contribution is 9.10. The Bertz CT molecular complexity index is 1100. The number of carbonyl (C=O) groups is 1. The number of aromatic nitrogens is 1. The van der Waals surface area contributed by atoms with Crippen LogP contribution in [-0.2, 0) is 15.1 Å². The Morgan fingerprint density at radius 1 is 1.30 bits per heavy atom. The van der Waals surface area contributed by atoms with Crippen molar-refractivity contribution in [1.29, 1.82) is 5.26 Å². The maximum Gasteiger partial charge on any atom is 0.248 e. The highest BCUT2D eigenvalue weighted by Crippen LogP contribution is 2.52. The van der Waals surface area contributed by atoms with Gasteiger partial charge in [-0.3, -0.25) is 4.79 Å². The van der Waals surface area contributed by atoms with Crippen LogP contribution in [0, 0.1) is 17.2 Å². The highest BCUT2D eigenvalue weighted by atomic mass is 79.9. The molecule has 0 spiro atoms. The zero-order valence-electron chi connectivity index (χ0n) is 18.8. The average molecular weight is 511 g/mol. The maximum absolute atomic E-state index is 13.2. The number of hydrogen-bond donors (Lipinski definition) is 0. The van der Waals surface area contributed by atoms with Gasteiger partial charge in [0.05, 0.1) is 24.3 Å². The first kappa shape index (κ1) is 22.2. The summed E-state index contributed by atoms with van der Waals surface area (Å²) in [5, 5.41) is 9.05. The molecule has 1 saturated carbocycles. The van der Waals surface area contributed by atoms with Crippen molar-refractivity contribution in [1.82, 2.24) is 9.88 Å². The van der Waals surface area contributed by atoms with Crippen LogP contribution < -0.4 is 9.64 Å². The first-order chi connectivity index (χ1) is 15.9. The van der Waals surface area contributed by atoms with E-state index in [2.05, 4.69) is 38.8 Å². The molecule has 0 radical (unpaired) electrons. The van der Waals surface area contributed by atoms with Gasteiger partial charge in [0.1, 0.15) is 24.2 Å². The molecule has 3 unspecified atom stereocenters. The van der Waals surface area contributed by atoms with Crippen molar-refractivity contribution < 1.29 is 14.3 Å². The second-order valence-corrected chi connectivity index (χ2v) is 10.1. The molecule has 3 heterocycles. The van der Waals surface area contributed by atoms with Crippen LogP contribution in [-0.4, -0.2) is 54.7 Å². The monoisotopic (exact) mass is 510 g/mol. The van der Waals surface area contributed by atoms with Gasteiger partial charge in [-0.2, -0.15) is 5.26 Å². The molecule has 1 amide bonds. The van der Waals surface area contributed by atoms with Crippen molar-refractivity contribution in [2.24, 2.45) is 5.92 Å². The molecule has 1 aliphatic carbocycles. The van der Waals surface area contributed by atoms with Crippen LogP contribution in [0.25, 0.3) is 0 Å². The fourth-order valence-electron chi connectivity index (χ4n) is 5.27. The molecular weight excluding hydrogens is 484 g/mol. The number of halogens is 1. The Balaban J connectivity index is 1.25. The number of ether oxygens (including phenoxy) is 2. The minimum atomic E-state index is -0.413. The number of benzene rings is 1. The number of anilines is 1. The smallest absolute Gasteiger partial charge is 0.248 e. The first-order valence-corrected chi connectivity index (χ1v) is 12.1. The molecule has 0 N–H and O–H groups in total. The Morgan fingerprint density at radius 3 is 2.76 bits per heavy atom. The molecule has 7 nitrogen and oxygen atoms in total. The molecule has 8 heteroatoms. The lowest BCUT2D eigenvalue weighted by molar-refractivity contribution is -0.140. The number of piperazine rings is 1. The molecule has 3 aliphatic rings. The molecule has 5 rings (SSSR count). The van der Waals surface area contributed by atoms with Crippen molar-refractivity contribution in [3.05, 3.63) is 52.1 Å². The van der Waals surface area contributed by atoms with Crippen molar-refractivity contribution in [3.63, 3.8) is 0 Å². The normalized spacial score (nSPS) is 25.0. The van der Waals surface area contributed by atoms with Crippen LogP contribution in [0.3, 0.4) is 0 Å². The molecule has 1 aromatic carbocycles. The third-order valence-electron chi connectivity index (χ3n) is 7.22. The molecule has 1 aromatic heterocycles. The summed E-state index contributed by atoms with van der Waals surface area (Å²) in [7, 11) is 1.65. The van der Waals surface area contributed by atoms with E-state index in [0.717, 1.165) is 40.9 Å². The Hall–Kier alpha value is -2.63. The van der Waals surface area contributed by atoms with Crippen LogP contribution in [0.4, 0.5) is 5.82 Å². The molecule has 172 valence electrons. The van der Waals surface area contributed by atoms with Gasteiger partial charge in [-0.25, -0.2) is 4.98 Å². The zero-order chi connectivity index (χ0) is 23.2. The number of amides is 1. The molecule has 33 heavy (non-hydrogen) atoms. The standard InChI is InChI=1S/C25H27BrN4O3/c1-16-9-18-13-29(14-22(16)30(18)23-6-3-17(11-27)12-28-23)24(31)15-33-25(7-8-25)20-10-19(32-2)4-5-21(20)26/h3-6,10,12,16,18,22H,7-9,13-15H2,1-2H3. The lowest BCUT2D eigenvalue weighted by Crippen LogP contribution is -2.57. The molecule has 2 aromatic rings. The largest absolute Gasteiger partial charge is 0.497 e. The number of nitriles is 1. The van der Waals surface area contributed by atoms with Crippen LogP contribution >= 0.6 is 15.9 Å². The molecule has 2 bridgehead atoms. The van der Waals surface area contributed by atoms with E-state index in [1.807, 2.05) is 35.2 Å². The number of nitrogens with zero attached hydrogens (tertiary/aromatic N) is 4. The van der Waals surface area contributed by atoms with E-state index in [-0.39, 0.29) is 24.6 Å². The van der Waals surface area contributed by atoms with E-state index in [0.29, 0.717) is 24.6 Å². The summed E-state index contributed by atoms with van der Waals surface area (Å²) >= 11 is 3.63. The quantitative estimate of drug-likeness (QED) is 0.587. The van der Waals surface area contributed by atoms with E-state index >= 15 is 0 Å². The van der Waals surface area contributed by atoms with Gasteiger partial charge in [0.2, 0.25) is 5.91 Å². The van der Waals surface area contributed by atoms with Gasteiger partial charge < -0.3 is 19.3 Å². The van der Waals surface area contributed by atoms with Crippen LogP contribution in [0.1, 0.15) is 37.3 Å². The third kappa shape index (κ3) is 4.09.